The largest absolute Gasteiger partial charge is 0.495 e. The van der Waals surface area contributed by atoms with Crippen LogP contribution < -0.4 is 19.7 Å². The topological polar surface area (TPSA) is 105 Å². The standard InChI is InChI=1S/C25H31N3O6S/c1-3-34-21-10-8-20(9-11-21)28-17-18(15-24(28)29)25(30)26-19-7-12-22(33-2)23(16-19)35(31,32)27-13-5-4-6-14-27/h7-12,16,18H,3-6,13-15,17H2,1-2H3,(H,26,30)/t18-/m1/s1. The number of rotatable bonds is 8. The van der Waals surface area contributed by atoms with Gasteiger partial charge in [0.1, 0.15) is 16.4 Å². The fourth-order valence-electron chi connectivity index (χ4n) is 4.47. The predicted molar refractivity (Wildman–Crippen MR) is 132 cm³/mol. The molecule has 0 unspecified atom stereocenters. The number of carbonyl (C=O) groups excluding carboxylic acids is 2. The number of piperidine rings is 1. The number of methoxy groups -OCH3 is 1. The first-order valence-electron chi connectivity index (χ1n) is 11.9. The van der Waals surface area contributed by atoms with Gasteiger partial charge in [0.15, 0.2) is 0 Å². The van der Waals surface area contributed by atoms with Crippen LogP contribution in [-0.2, 0) is 19.6 Å². The Morgan fingerprint density at radius 1 is 1.09 bits per heavy atom. The summed E-state index contributed by atoms with van der Waals surface area (Å²) in [5, 5.41) is 2.79. The van der Waals surface area contributed by atoms with Crippen LogP contribution in [0.5, 0.6) is 11.5 Å². The molecule has 4 rings (SSSR count). The summed E-state index contributed by atoms with van der Waals surface area (Å²) in [6, 6.07) is 11.8. The highest BCUT2D eigenvalue weighted by Crippen LogP contribution is 2.32. The van der Waals surface area contributed by atoms with Crippen molar-refractivity contribution in [3.05, 3.63) is 42.5 Å². The molecule has 0 aliphatic carbocycles. The van der Waals surface area contributed by atoms with Crippen LogP contribution in [0.4, 0.5) is 11.4 Å². The molecule has 9 nitrogen and oxygen atoms in total. The lowest BCUT2D eigenvalue weighted by atomic mass is 10.1. The van der Waals surface area contributed by atoms with Gasteiger partial charge in [-0.3, -0.25) is 9.59 Å². The third-order valence-electron chi connectivity index (χ3n) is 6.32. The van der Waals surface area contributed by atoms with Gasteiger partial charge in [-0.15, -0.1) is 0 Å². The number of amides is 2. The molecule has 2 aliphatic heterocycles. The monoisotopic (exact) mass is 501 g/mol. The maximum absolute atomic E-state index is 13.2. The van der Waals surface area contributed by atoms with Gasteiger partial charge in [-0.05, 0) is 62.2 Å². The third-order valence-corrected chi connectivity index (χ3v) is 8.24. The van der Waals surface area contributed by atoms with E-state index in [-0.39, 0.29) is 35.4 Å². The molecule has 2 aromatic rings. The first kappa shape index (κ1) is 25.0. The highest BCUT2D eigenvalue weighted by atomic mass is 32.2. The number of sulfonamides is 1. The minimum Gasteiger partial charge on any atom is -0.495 e. The summed E-state index contributed by atoms with van der Waals surface area (Å²) in [6.45, 7) is 3.63. The fraction of sp³-hybridized carbons (Fsp3) is 0.440. The lowest BCUT2D eigenvalue weighted by Crippen LogP contribution is -2.35. The summed E-state index contributed by atoms with van der Waals surface area (Å²) in [7, 11) is -2.34. The van der Waals surface area contributed by atoms with Crippen LogP contribution in [0, 0.1) is 5.92 Å². The van der Waals surface area contributed by atoms with Crippen LogP contribution in [0.3, 0.4) is 0 Å². The smallest absolute Gasteiger partial charge is 0.246 e. The van der Waals surface area contributed by atoms with Crippen molar-refractivity contribution < 1.29 is 27.5 Å². The molecule has 2 aromatic carbocycles. The summed E-state index contributed by atoms with van der Waals surface area (Å²) in [5.74, 6) is -0.0905. The van der Waals surface area contributed by atoms with E-state index in [1.807, 2.05) is 6.92 Å². The second-order valence-corrected chi connectivity index (χ2v) is 10.6. The van der Waals surface area contributed by atoms with E-state index in [2.05, 4.69) is 5.32 Å². The lowest BCUT2D eigenvalue weighted by molar-refractivity contribution is -0.122. The van der Waals surface area contributed by atoms with Crippen LogP contribution in [-0.4, -0.2) is 57.9 Å². The van der Waals surface area contributed by atoms with E-state index in [1.54, 1.807) is 41.3 Å². The van der Waals surface area contributed by atoms with Crippen molar-refractivity contribution in [3.63, 3.8) is 0 Å². The van der Waals surface area contributed by atoms with E-state index in [0.717, 1.165) is 19.3 Å². The van der Waals surface area contributed by atoms with Gasteiger partial charge in [-0.25, -0.2) is 8.42 Å². The van der Waals surface area contributed by atoms with Crippen molar-refractivity contribution in [3.8, 4) is 11.5 Å². The van der Waals surface area contributed by atoms with Crippen molar-refractivity contribution in [2.45, 2.75) is 37.5 Å². The van der Waals surface area contributed by atoms with Gasteiger partial charge in [0, 0.05) is 37.4 Å². The predicted octanol–water partition coefficient (Wildman–Crippen LogP) is 3.26. The number of hydrogen-bond donors (Lipinski definition) is 1. The van der Waals surface area contributed by atoms with E-state index >= 15 is 0 Å². The van der Waals surface area contributed by atoms with Crippen LogP contribution >= 0.6 is 0 Å². The number of hydrogen-bond acceptors (Lipinski definition) is 6. The van der Waals surface area contributed by atoms with E-state index < -0.39 is 15.9 Å². The Hall–Kier alpha value is -3.11. The Morgan fingerprint density at radius 2 is 1.80 bits per heavy atom. The zero-order valence-corrected chi connectivity index (χ0v) is 20.8. The highest BCUT2D eigenvalue weighted by molar-refractivity contribution is 7.89. The van der Waals surface area contributed by atoms with Crippen LogP contribution in [0.2, 0.25) is 0 Å². The Kier molecular flexibility index (Phi) is 7.61. The Morgan fingerprint density at radius 3 is 2.46 bits per heavy atom. The summed E-state index contributed by atoms with van der Waals surface area (Å²) >= 11 is 0. The van der Waals surface area contributed by atoms with E-state index in [1.165, 1.54) is 17.5 Å². The molecule has 35 heavy (non-hydrogen) atoms. The molecular formula is C25H31N3O6S. The second-order valence-electron chi connectivity index (χ2n) is 8.65. The first-order chi connectivity index (χ1) is 16.8. The van der Waals surface area contributed by atoms with Gasteiger partial charge in [-0.2, -0.15) is 4.31 Å². The molecule has 0 radical (unpaired) electrons. The highest BCUT2D eigenvalue weighted by Gasteiger charge is 2.35. The number of nitrogens with one attached hydrogen (secondary N) is 1. The molecule has 2 amide bonds. The minimum atomic E-state index is -3.76. The van der Waals surface area contributed by atoms with Crippen molar-refractivity contribution in [2.75, 3.05) is 43.6 Å². The quantitative estimate of drug-likeness (QED) is 0.595. The summed E-state index contributed by atoms with van der Waals surface area (Å²) in [5.41, 5.74) is 1.05. The number of ether oxygens (including phenoxy) is 2. The number of benzene rings is 2. The van der Waals surface area contributed by atoms with E-state index in [0.29, 0.717) is 36.8 Å². The molecule has 2 saturated heterocycles. The summed E-state index contributed by atoms with van der Waals surface area (Å²) < 4.78 is 38.7. The zero-order chi connectivity index (χ0) is 25.0. The molecule has 0 spiro atoms. The maximum Gasteiger partial charge on any atom is 0.246 e. The fourth-order valence-corrected chi connectivity index (χ4v) is 6.17. The molecule has 0 saturated carbocycles. The molecule has 0 bridgehead atoms. The third kappa shape index (κ3) is 5.43. The molecule has 2 heterocycles. The Bertz CT molecular complexity index is 1180. The van der Waals surface area contributed by atoms with Crippen LogP contribution in [0.1, 0.15) is 32.6 Å². The number of nitrogens with zero attached hydrogens (tertiary/aromatic N) is 2. The number of anilines is 2. The molecule has 1 atom stereocenters. The van der Waals surface area contributed by atoms with Gasteiger partial charge in [-0.1, -0.05) is 6.42 Å². The summed E-state index contributed by atoms with van der Waals surface area (Å²) in [6.07, 6.45) is 2.72. The van der Waals surface area contributed by atoms with Crippen LogP contribution in [0.15, 0.2) is 47.4 Å². The molecule has 2 fully saturated rings. The molecular weight excluding hydrogens is 470 g/mol. The van der Waals surface area contributed by atoms with E-state index in [4.69, 9.17) is 9.47 Å². The summed E-state index contributed by atoms with van der Waals surface area (Å²) in [4.78, 5) is 27.2. The van der Waals surface area contributed by atoms with Crippen molar-refractivity contribution in [2.24, 2.45) is 5.92 Å². The van der Waals surface area contributed by atoms with E-state index in [9.17, 15) is 18.0 Å². The van der Waals surface area contributed by atoms with Gasteiger partial charge in [0.2, 0.25) is 21.8 Å². The van der Waals surface area contributed by atoms with Gasteiger partial charge in [0.25, 0.3) is 0 Å². The molecule has 0 aromatic heterocycles. The van der Waals surface area contributed by atoms with Crippen molar-refractivity contribution in [1.82, 2.24) is 4.31 Å². The maximum atomic E-state index is 13.2. The average molecular weight is 502 g/mol. The molecule has 188 valence electrons. The van der Waals surface area contributed by atoms with Crippen molar-refractivity contribution >= 4 is 33.2 Å². The second kappa shape index (κ2) is 10.7. The van der Waals surface area contributed by atoms with Gasteiger partial charge < -0.3 is 19.7 Å². The van der Waals surface area contributed by atoms with Gasteiger partial charge in [0.05, 0.1) is 19.6 Å². The molecule has 10 heteroatoms. The minimum absolute atomic E-state index is 0.0261. The zero-order valence-electron chi connectivity index (χ0n) is 20.0. The molecule has 2 aliphatic rings. The van der Waals surface area contributed by atoms with Gasteiger partial charge >= 0.3 is 0 Å². The Balaban J connectivity index is 1.48. The van der Waals surface area contributed by atoms with Crippen LogP contribution in [0.25, 0.3) is 0 Å². The Labute approximate surface area is 206 Å². The average Bonchev–Trinajstić information content (AvgIpc) is 3.27. The molecule has 1 N–H and O–H groups in total. The lowest BCUT2D eigenvalue weighted by Gasteiger charge is -2.26. The van der Waals surface area contributed by atoms with Crippen molar-refractivity contribution in [1.29, 1.82) is 0 Å². The SMILES string of the molecule is CCOc1ccc(N2C[C@H](C(=O)Nc3ccc(OC)c(S(=O)(=O)N4CCCCC4)c3)CC2=O)cc1. The normalized spacial score (nSPS) is 19.0. The first-order valence-corrected chi connectivity index (χ1v) is 13.3. The number of carbonyl (C=O) groups is 2.